The van der Waals surface area contributed by atoms with Gasteiger partial charge in [-0.05, 0) is 33.6 Å². The molecule has 3 heterocycles. The molecule has 0 atom stereocenters. The molecule has 0 radical (unpaired) electrons. The molecule has 1 aliphatic heterocycles. The molecule has 1 aliphatic rings. The standard InChI is InChI=1S/C17H25N5O/c1-12-9-17(19-11-18-12)21(4)15-5-7-22(8-6-15)10-16-13(2)20-23-14(16)3/h9,11,15H,5-8,10H2,1-4H3. The first-order valence-corrected chi connectivity index (χ1v) is 8.20. The Morgan fingerprint density at radius 3 is 2.57 bits per heavy atom. The minimum absolute atomic E-state index is 0.533. The molecule has 124 valence electrons. The zero-order valence-corrected chi connectivity index (χ0v) is 14.4. The molecule has 0 aromatic carbocycles. The Balaban J connectivity index is 1.58. The molecule has 0 N–H and O–H groups in total. The van der Waals surface area contributed by atoms with E-state index in [0.29, 0.717) is 6.04 Å². The summed E-state index contributed by atoms with van der Waals surface area (Å²) >= 11 is 0. The van der Waals surface area contributed by atoms with E-state index >= 15 is 0 Å². The third-order valence-electron chi connectivity index (χ3n) is 4.82. The maximum atomic E-state index is 5.27. The summed E-state index contributed by atoms with van der Waals surface area (Å²) < 4.78 is 5.27. The van der Waals surface area contributed by atoms with Crippen LogP contribution in [0.3, 0.4) is 0 Å². The van der Waals surface area contributed by atoms with Crippen molar-refractivity contribution in [3.63, 3.8) is 0 Å². The molecule has 0 amide bonds. The fraction of sp³-hybridized carbons (Fsp3) is 0.588. The summed E-state index contributed by atoms with van der Waals surface area (Å²) in [5, 5.41) is 4.05. The summed E-state index contributed by atoms with van der Waals surface area (Å²) in [5.74, 6) is 1.96. The van der Waals surface area contributed by atoms with Gasteiger partial charge in [-0.2, -0.15) is 0 Å². The van der Waals surface area contributed by atoms with Crippen LogP contribution in [0, 0.1) is 20.8 Å². The van der Waals surface area contributed by atoms with Gasteiger partial charge in [0.2, 0.25) is 0 Å². The van der Waals surface area contributed by atoms with Crippen LogP contribution in [-0.2, 0) is 6.54 Å². The molecule has 0 aliphatic carbocycles. The summed E-state index contributed by atoms with van der Waals surface area (Å²) in [6.45, 7) is 9.12. The van der Waals surface area contributed by atoms with Crippen molar-refractivity contribution in [2.75, 3.05) is 25.0 Å². The molecule has 0 spiro atoms. The highest BCUT2D eigenvalue weighted by Gasteiger charge is 2.24. The largest absolute Gasteiger partial charge is 0.361 e. The van der Waals surface area contributed by atoms with Crippen molar-refractivity contribution in [3.05, 3.63) is 35.1 Å². The minimum atomic E-state index is 0.533. The van der Waals surface area contributed by atoms with Crippen LogP contribution in [0.1, 0.15) is 35.6 Å². The molecule has 6 heteroatoms. The van der Waals surface area contributed by atoms with Crippen LogP contribution in [-0.4, -0.2) is 46.2 Å². The molecule has 3 rings (SSSR count). The van der Waals surface area contributed by atoms with E-state index in [1.165, 1.54) is 5.56 Å². The van der Waals surface area contributed by atoms with Gasteiger partial charge in [-0.3, -0.25) is 4.90 Å². The SMILES string of the molecule is Cc1cc(N(C)C2CCN(Cc3c(C)noc3C)CC2)ncn1. The van der Waals surface area contributed by atoms with Crippen LogP contribution in [0.25, 0.3) is 0 Å². The predicted octanol–water partition coefficient (Wildman–Crippen LogP) is 2.49. The van der Waals surface area contributed by atoms with Crippen LogP contribution >= 0.6 is 0 Å². The first kappa shape index (κ1) is 15.9. The second-order valence-electron chi connectivity index (χ2n) is 6.44. The van der Waals surface area contributed by atoms with Crippen LogP contribution in [0.4, 0.5) is 5.82 Å². The number of piperidine rings is 1. The van der Waals surface area contributed by atoms with Crippen LogP contribution in [0.2, 0.25) is 0 Å². The summed E-state index contributed by atoms with van der Waals surface area (Å²) in [4.78, 5) is 13.4. The van der Waals surface area contributed by atoms with E-state index in [2.05, 4.69) is 38.0 Å². The first-order chi connectivity index (χ1) is 11.0. The lowest BCUT2D eigenvalue weighted by Crippen LogP contribution is -2.43. The highest BCUT2D eigenvalue weighted by molar-refractivity contribution is 5.39. The number of anilines is 1. The van der Waals surface area contributed by atoms with Gasteiger partial charge in [0.05, 0.1) is 5.69 Å². The van der Waals surface area contributed by atoms with Gasteiger partial charge in [-0.1, -0.05) is 5.16 Å². The van der Waals surface area contributed by atoms with Crippen molar-refractivity contribution >= 4 is 5.82 Å². The Morgan fingerprint density at radius 1 is 1.22 bits per heavy atom. The Labute approximate surface area is 137 Å². The van der Waals surface area contributed by atoms with Crippen molar-refractivity contribution in [2.45, 2.75) is 46.2 Å². The quantitative estimate of drug-likeness (QED) is 0.864. The lowest BCUT2D eigenvalue weighted by molar-refractivity contribution is 0.202. The van der Waals surface area contributed by atoms with E-state index in [1.807, 2.05) is 20.8 Å². The van der Waals surface area contributed by atoms with Gasteiger partial charge < -0.3 is 9.42 Å². The van der Waals surface area contributed by atoms with Crippen LogP contribution in [0.15, 0.2) is 16.9 Å². The number of likely N-dealkylation sites (tertiary alicyclic amines) is 1. The average Bonchev–Trinajstić information content (AvgIpc) is 2.87. The van der Waals surface area contributed by atoms with Crippen LogP contribution in [0.5, 0.6) is 0 Å². The van der Waals surface area contributed by atoms with Gasteiger partial charge in [0.1, 0.15) is 17.9 Å². The fourth-order valence-corrected chi connectivity index (χ4v) is 3.24. The van der Waals surface area contributed by atoms with E-state index in [9.17, 15) is 0 Å². The van der Waals surface area contributed by atoms with Crippen molar-refractivity contribution in [2.24, 2.45) is 0 Å². The summed E-state index contributed by atoms with van der Waals surface area (Å²) in [6, 6.07) is 2.58. The highest BCUT2D eigenvalue weighted by Crippen LogP contribution is 2.23. The fourth-order valence-electron chi connectivity index (χ4n) is 3.24. The van der Waals surface area contributed by atoms with E-state index in [1.54, 1.807) is 6.33 Å². The summed E-state index contributed by atoms with van der Waals surface area (Å²) in [7, 11) is 2.14. The zero-order chi connectivity index (χ0) is 16.4. The van der Waals surface area contributed by atoms with E-state index < -0.39 is 0 Å². The molecule has 0 saturated carbocycles. The summed E-state index contributed by atoms with van der Waals surface area (Å²) in [5.41, 5.74) is 3.26. The zero-order valence-electron chi connectivity index (χ0n) is 14.4. The van der Waals surface area contributed by atoms with Gasteiger partial charge in [-0.25, -0.2) is 9.97 Å². The lowest BCUT2D eigenvalue weighted by atomic mass is 10.0. The van der Waals surface area contributed by atoms with Crippen molar-refractivity contribution in [3.8, 4) is 0 Å². The summed E-state index contributed by atoms with van der Waals surface area (Å²) in [6.07, 6.45) is 3.93. The van der Waals surface area contributed by atoms with Gasteiger partial charge in [-0.15, -0.1) is 0 Å². The molecule has 0 unspecified atom stereocenters. The minimum Gasteiger partial charge on any atom is -0.361 e. The molecule has 1 fully saturated rings. The molecule has 2 aromatic heterocycles. The Hall–Kier alpha value is -1.95. The second kappa shape index (κ2) is 6.66. The average molecular weight is 315 g/mol. The molecule has 23 heavy (non-hydrogen) atoms. The maximum Gasteiger partial charge on any atom is 0.138 e. The van der Waals surface area contributed by atoms with Crippen LogP contribution < -0.4 is 4.90 Å². The molecule has 0 bridgehead atoms. The van der Waals surface area contributed by atoms with Gasteiger partial charge in [0.25, 0.3) is 0 Å². The number of rotatable bonds is 4. The topological polar surface area (TPSA) is 58.3 Å². The first-order valence-electron chi connectivity index (χ1n) is 8.20. The van der Waals surface area contributed by atoms with Crippen molar-refractivity contribution < 1.29 is 4.52 Å². The van der Waals surface area contributed by atoms with E-state index in [-0.39, 0.29) is 0 Å². The number of aryl methyl sites for hydroxylation is 3. The molecule has 6 nitrogen and oxygen atoms in total. The van der Waals surface area contributed by atoms with Gasteiger partial charge in [0.15, 0.2) is 0 Å². The molecule has 1 saturated heterocycles. The maximum absolute atomic E-state index is 5.27. The predicted molar refractivity (Wildman–Crippen MR) is 89.4 cm³/mol. The monoisotopic (exact) mass is 315 g/mol. The molecular formula is C17H25N5O. The third-order valence-corrected chi connectivity index (χ3v) is 4.82. The van der Waals surface area contributed by atoms with Crippen molar-refractivity contribution in [1.82, 2.24) is 20.0 Å². The van der Waals surface area contributed by atoms with E-state index in [0.717, 1.165) is 55.4 Å². The number of aromatic nitrogens is 3. The molecule has 2 aromatic rings. The van der Waals surface area contributed by atoms with Gasteiger partial charge in [0, 0.05) is 50.0 Å². The van der Waals surface area contributed by atoms with Gasteiger partial charge >= 0.3 is 0 Å². The smallest absolute Gasteiger partial charge is 0.138 e. The number of hydrogen-bond acceptors (Lipinski definition) is 6. The number of hydrogen-bond donors (Lipinski definition) is 0. The Morgan fingerprint density at radius 2 is 1.96 bits per heavy atom. The van der Waals surface area contributed by atoms with E-state index in [4.69, 9.17) is 4.52 Å². The highest BCUT2D eigenvalue weighted by atomic mass is 16.5. The van der Waals surface area contributed by atoms with Crippen molar-refractivity contribution in [1.29, 1.82) is 0 Å². The normalized spacial score (nSPS) is 16.7. The second-order valence-corrected chi connectivity index (χ2v) is 6.44. The molecular weight excluding hydrogens is 290 g/mol. The number of nitrogens with zero attached hydrogens (tertiary/aromatic N) is 5. The Kier molecular flexibility index (Phi) is 4.61. The Bertz CT molecular complexity index is 641. The lowest BCUT2D eigenvalue weighted by Gasteiger charge is -2.37. The third kappa shape index (κ3) is 3.52.